The van der Waals surface area contributed by atoms with Crippen LogP contribution in [0.15, 0.2) is 36.7 Å². The van der Waals surface area contributed by atoms with Crippen molar-refractivity contribution in [3.05, 3.63) is 58.1 Å². The fourth-order valence-electron chi connectivity index (χ4n) is 1.99. The summed E-state index contributed by atoms with van der Waals surface area (Å²) in [5, 5.41) is 4.64. The van der Waals surface area contributed by atoms with Crippen LogP contribution in [0, 0.1) is 0 Å². The molecule has 0 aliphatic carbocycles. The molecule has 0 saturated heterocycles. The molecule has 3 nitrogen and oxygen atoms in total. The molecule has 1 atom stereocenters. The first-order valence-corrected chi connectivity index (χ1v) is 7.41. The predicted octanol–water partition coefficient (Wildman–Crippen LogP) is 4.07. The number of hydrogen-bond acceptors (Lipinski definition) is 3. The number of rotatable bonds is 6. The lowest BCUT2D eigenvalue weighted by atomic mass is 10.0. The first kappa shape index (κ1) is 15.2. The second kappa shape index (κ2) is 7.58. The number of nitrogens with zero attached hydrogens (tertiary/aromatic N) is 2. The Bertz CT molecular complexity index is 546. The molecule has 0 aliphatic rings. The molecule has 0 bridgehead atoms. The summed E-state index contributed by atoms with van der Waals surface area (Å²) in [6.45, 7) is 3.03. The molecule has 1 unspecified atom stereocenters. The fraction of sp³-hybridized carbons (Fsp3) is 0.333. The van der Waals surface area contributed by atoms with Gasteiger partial charge in [0.2, 0.25) is 0 Å². The number of benzene rings is 1. The first-order chi connectivity index (χ1) is 9.72. The molecule has 2 aromatic rings. The highest BCUT2D eigenvalue weighted by molar-refractivity contribution is 6.42. The van der Waals surface area contributed by atoms with E-state index in [0.717, 1.165) is 24.4 Å². The summed E-state index contributed by atoms with van der Waals surface area (Å²) in [4.78, 5) is 8.66. The van der Waals surface area contributed by atoms with Gasteiger partial charge in [0.25, 0.3) is 0 Å². The van der Waals surface area contributed by atoms with E-state index in [4.69, 9.17) is 23.2 Å². The van der Waals surface area contributed by atoms with E-state index in [0.29, 0.717) is 16.5 Å². The van der Waals surface area contributed by atoms with Crippen molar-refractivity contribution in [2.45, 2.75) is 25.8 Å². The molecular weight excluding hydrogens is 293 g/mol. The van der Waals surface area contributed by atoms with Crippen LogP contribution >= 0.6 is 23.2 Å². The van der Waals surface area contributed by atoms with Crippen molar-refractivity contribution >= 4 is 23.2 Å². The number of aromatic nitrogens is 2. The van der Waals surface area contributed by atoms with Gasteiger partial charge in [-0.2, -0.15) is 0 Å². The van der Waals surface area contributed by atoms with Gasteiger partial charge < -0.3 is 5.32 Å². The van der Waals surface area contributed by atoms with E-state index in [1.165, 1.54) is 0 Å². The Morgan fingerprint density at radius 1 is 1.15 bits per heavy atom. The maximum absolute atomic E-state index is 6.26. The lowest BCUT2D eigenvalue weighted by Gasteiger charge is -2.18. The van der Waals surface area contributed by atoms with Crippen molar-refractivity contribution in [2.75, 3.05) is 6.54 Å². The Morgan fingerprint density at radius 2 is 1.90 bits per heavy atom. The van der Waals surface area contributed by atoms with Gasteiger partial charge in [-0.15, -0.1) is 0 Å². The summed E-state index contributed by atoms with van der Waals surface area (Å²) < 4.78 is 0. The Labute approximate surface area is 129 Å². The van der Waals surface area contributed by atoms with Crippen LogP contribution in [0.3, 0.4) is 0 Å². The average molecular weight is 310 g/mol. The third-order valence-corrected chi connectivity index (χ3v) is 3.85. The monoisotopic (exact) mass is 309 g/mol. The van der Waals surface area contributed by atoms with E-state index >= 15 is 0 Å². The van der Waals surface area contributed by atoms with E-state index < -0.39 is 0 Å². The standard InChI is InChI=1S/C15H17Cl2N3/c1-2-7-18-13(15-19-8-4-9-20-15)10-11-5-3-6-12(16)14(11)17/h3-6,8-9,13,18H,2,7,10H2,1H3. The molecule has 1 aromatic heterocycles. The Kier molecular flexibility index (Phi) is 5.77. The van der Waals surface area contributed by atoms with Crippen molar-refractivity contribution < 1.29 is 0 Å². The molecule has 20 heavy (non-hydrogen) atoms. The van der Waals surface area contributed by atoms with Crippen molar-refractivity contribution in [1.82, 2.24) is 15.3 Å². The third kappa shape index (κ3) is 3.92. The van der Waals surface area contributed by atoms with Crippen LogP contribution in [0.4, 0.5) is 0 Å². The Balaban J connectivity index is 2.21. The molecule has 1 heterocycles. The van der Waals surface area contributed by atoms with Crippen LogP contribution < -0.4 is 5.32 Å². The van der Waals surface area contributed by atoms with Crippen LogP contribution in [0.1, 0.15) is 30.8 Å². The molecule has 1 aromatic carbocycles. The van der Waals surface area contributed by atoms with Crippen molar-refractivity contribution in [2.24, 2.45) is 0 Å². The van der Waals surface area contributed by atoms with Crippen LogP contribution in [-0.4, -0.2) is 16.5 Å². The van der Waals surface area contributed by atoms with Crippen LogP contribution in [0.2, 0.25) is 10.0 Å². The third-order valence-electron chi connectivity index (χ3n) is 2.99. The predicted molar refractivity (Wildman–Crippen MR) is 83.2 cm³/mol. The minimum atomic E-state index is 0.0344. The van der Waals surface area contributed by atoms with Crippen molar-refractivity contribution in [3.63, 3.8) is 0 Å². The zero-order chi connectivity index (χ0) is 14.4. The van der Waals surface area contributed by atoms with E-state index in [1.54, 1.807) is 18.5 Å². The Hall–Kier alpha value is -1.16. The number of halogens is 2. The van der Waals surface area contributed by atoms with Crippen LogP contribution in [0.25, 0.3) is 0 Å². The van der Waals surface area contributed by atoms with Gasteiger partial charge in [-0.3, -0.25) is 0 Å². The Morgan fingerprint density at radius 3 is 2.60 bits per heavy atom. The highest BCUT2D eigenvalue weighted by Crippen LogP contribution is 2.28. The van der Waals surface area contributed by atoms with Gasteiger partial charge in [-0.1, -0.05) is 42.3 Å². The molecule has 2 rings (SSSR count). The smallest absolute Gasteiger partial charge is 0.145 e. The summed E-state index contributed by atoms with van der Waals surface area (Å²) in [5.41, 5.74) is 1.00. The molecule has 1 N–H and O–H groups in total. The summed E-state index contributed by atoms with van der Waals surface area (Å²) in [7, 11) is 0. The van der Waals surface area contributed by atoms with Crippen molar-refractivity contribution in [1.29, 1.82) is 0 Å². The van der Waals surface area contributed by atoms with E-state index in [-0.39, 0.29) is 6.04 Å². The van der Waals surface area contributed by atoms with Gasteiger partial charge >= 0.3 is 0 Å². The van der Waals surface area contributed by atoms with E-state index in [9.17, 15) is 0 Å². The summed E-state index contributed by atoms with van der Waals surface area (Å²) in [5.74, 6) is 0.775. The molecular formula is C15H17Cl2N3. The van der Waals surface area contributed by atoms with Gasteiger partial charge in [0.05, 0.1) is 16.1 Å². The number of nitrogens with one attached hydrogen (secondary N) is 1. The van der Waals surface area contributed by atoms with Gasteiger partial charge in [0.15, 0.2) is 0 Å². The zero-order valence-electron chi connectivity index (χ0n) is 11.3. The second-order valence-corrected chi connectivity index (χ2v) is 5.32. The fourth-order valence-corrected chi connectivity index (χ4v) is 2.39. The summed E-state index contributed by atoms with van der Waals surface area (Å²) in [6, 6.07) is 7.53. The van der Waals surface area contributed by atoms with Gasteiger partial charge in [0, 0.05) is 12.4 Å². The van der Waals surface area contributed by atoms with E-state index in [2.05, 4.69) is 22.2 Å². The maximum atomic E-state index is 6.26. The van der Waals surface area contributed by atoms with E-state index in [1.807, 2.05) is 18.2 Å². The minimum absolute atomic E-state index is 0.0344. The topological polar surface area (TPSA) is 37.8 Å². The highest BCUT2D eigenvalue weighted by Gasteiger charge is 2.16. The molecule has 0 fully saturated rings. The quantitative estimate of drug-likeness (QED) is 0.874. The van der Waals surface area contributed by atoms with Crippen molar-refractivity contribution in [3.8, 4) is 0 Å². The molecule has 5 heteroatoms. The van der Waals surface area contributed by atoms with Gasteiger partial charge in [-0.05, 0) is 37.1 Å². The summed E-state index contributed by atoms with van der Waals surface area (Å²) in [6.07, 6.45) is 5.26. The lowest BCUT2D eigenvalue weighted by Crippen LogP contribution is -2.26. The second-order valence-electron chi connectivity index (χ2n) is 4.53. The van der Waals surface area contributed by atoms with Crippen LogP contribution in [0.5, 0.6) is 0 Å². The molecule has 106 valence electrons. The molecule has 0 aliphatic heterocycles. The molecule has 0 radical (unpaired) electrons. The van der Waals surface area contributed by atoms with Gasteiger partial charge in [0.1, 0.15) is 5.82 Å². The lowest BCUT2D eigenvalue weighted by molar-refractivity contribution is 0.504. The number of hydrogen-bond donors (Lipinski definition) is 1. The SMILES string of the molecule is CCCNC(Cc1cccc(Cl)c1Cl)c1ncccn1. The van der Waals surface area contributed by atoms with Crippen LogP contribution in [-0.2, 0) is 6.42 Å². The first-order valence-electron chi connectivity index (χ1n) is 6.65. The molecule has 0 saturated carbocycles. The largest absolute Gasteiger partial charge is 0.307 e. The normalized spacial score (nSPS) is 12.3. The highest BCUT2D eigenvalue weighted by atomic mass is 35.5. The van der Waals surface area contributed by atoms with Gasteiger partial charge in [-0.25, -0.2) is 9.97 Å². The summed E-state index contributed by atoms with van der Waals surface area (Å²) >= 11 is 12.3. The molecule has 0 amide bonds. The minimum Gasteiger partial charge on any atom is -0.307 e. The maximum Gasteiger partial charge on any atom is 0.145 e. The average Bonchev–Trinajstić information content (AvgIpc) is 2.48. The zero-order valence-corrected chi connectivity index (χ0v) is 12.8. The molecule has 0 spiro atoms.